The van der Waals surface area contributed by atoms with Crippen LogP contribution in [-0.2, 0) is 6.54 Å². The number of amides is 1. The summed E-state index contributed by atoms with van der Waals surface area (Å²) in [6, 6.07) is 15.9. The van der Waals surface area contributed by atoms with Crippen LogP contribution in [0.4, 0.5) is 0 Å². The molecule has 25 heavy (non-hydrogen) atoms. The zero-order chi connectivity index (χ0) is 17.8. The lowest BCUT2D eigenvalue weighted by atomic mass is 10.1. The number of carbonyl (C=O) groups excluding carboxylic acids is 1. The number of fused-ring (bicyclic) bond motifs is 1. The molecule has 1 atom stereocenters. The molecule has 0 fully saturated rings. The molecule has 0 aliphatic heterocycles. The first-order valence-corrected chi connectivity index (χ1v) is 8.91. The Morgan fingerprint density at radius 2 is 2.04 bits per heavy atom. The summed E-state index contributed by atoms with van der Waals surface area (Å²) < 4.78 is 0. The van der Waals surface area contributed by atoms with Crippen molar-refractivity contribution in [3.05, 3.63) is 59.8 Å². The third-order valence-electron chi connectivity index (χ3n) is 3.95. The Morgan fingerprint density at radius 1 is 1.28 bits per heavy atom. The molecule has 0 saturated carbocycles. The van der Waals surface area contributed by atoms with E-state index in [4.69, 9.17) is 10.8 Å². The number of rotatable bonds is 7. The van der Waals surface area contributed by atoms with Crippen molar-refractivity contribution in [3.63, 3.8) is 0 Å². The number of aliphatic hydroxyl groups excluding tert-OH is 1. The van der Waals surface area contributed by atoms with Crippen LogP contribution in [0.2, 0.25) is 0 Å². The van der Waals surface area contributed by atoms with E-state index in [1.165, 1.54) is 11.8 Å². The Balaban J connectivity index is 1.99. The van der Waals surface area contributed by atoms with Crippen molar-refractivity contribution < 1.29 is 9.90 Å². The van der Waals surface area contributed by atoms with E-state index in [0.717, 1.165) is 26.3 Å². The van der Waals surface area contributed by atoms with E-state index < -0.39 is 5.91 Å². The number of nitrogens with one attached hydrogen (secondary N) is 2. The van der Waals surface area contributed by atoms with Crippen LogP contribution in [0.15, 0.2) is 58.3 Å². The molecule has 1 unspecified atom stereocenters. The predicted molar refractivity (Wildman–Crippen MR) is 101 cm³/mol. The average molecular weight is 355 g/mol. The highest BCUT2D eigenvalue weighted by atomic mass is 32.2. The van der Waals surface area contributed by atoms with Crippen LogP contribution in [0.5, 0.6) is 0 Å². The summed E-state index contributed by atoms with van der Waals surface area (Å²) in [6.45, 7) is 2.66. The van der Waals surface area contributed by atoms with E-state index in [0.29, 0.717) is 12.2 Å². The molecular weight excluding hydrogens is 334 g/mol. The first-order chi connectivity index (χ1) is 12.1. The van der Waals surface area contributed by atoms with Crippen molar-refractivity contribution in [1.29, 1.82) is 0 Å². The van der Waals surface area contributed by atoms with E-state index in [-0.39, 0.29) is 12.6 Å². The number of hydrogen-bond acceptors (Lipinski definition) is 4. The van der Waals surface area contributed by atoms with Crippen molar-refractivity contribution in [2.45, 2.75) is 29.3 Å². The smallest absolute Gasteiger partial charge is 0.266 e. The van der Waals surface area contributed by atoms with Crippen molar-refractivity contribution in [3.8, 4) is 0 Å². The fraction of sp³-hybridized carbons (Fsp3) is 0.211. The van der Waals surface area contributed by atoms with Gasteiger partial charge in [0.05, 0.1) is 11.5 Å². The van der Waals surface area contributed by atoms with Gasteiger partial charge in [-0.25, -0.2) is 0 Å². The Bertz CT molecular complexity index is 877. The lowest BCUT2D eigenvalue weighted by Crippen LogP contribution is -2.28. The average Bonchev–Trinajstić information content (AvgIpc) is 2.98. The predicted octanol–water partition coefficient (Wildman–Crippen LogP) is 2.89. The van der Waals surface area contributed by atoms with Gasteiger partial charge in [0.2, 0.25) is 0 Å². The maximum Gasteiger partial charge on any atom is 0.266 e. The number of aromatic amines is 1. The SMILES string of the molecule is CC(CO)NCc1ccc2[nH]c(C(N)=O)c(Sc3ccccc3)c2c1. The van der Waals surface area contributed by atoms with E-state index in [1.54, 1.807) is 0 Å². The van der Waals surface area contributed by atoms with Gasteiger partial charge in [-0.3, -0.25) is 4.79 Å². The first-order valence-electron chi connectivity index (χ1n) is 8.10. The molecule has 3 aromatic rings. The summed E-state index contributed by atoms with van der Waals surface area (Å²) in [7, 11) is 0. The van der Waals surface area contributed by atoms with Crippen LogP contribution >= 0.6 is 11.8 Å². The second-order valence-corrected chi connectivity index (χ2v) is 7.04. The summed E-state index contributed by atoms with van der Waals surface area (Å²) in [5, 5.41) is 13.4. The normalized spacial score (nSPS) is 12.4. The topological polar surface area (TPSA) is 91.1 Å². The van der Waals surface area contributed by atoms with Crippen LogP contribution in [0.3, 0.4) is 0 Å². The lowest BCUT2D eigenvalue weighted by Gasteiger charge is -2.10. The van der Waals surface area contributed by atoms with E-state index in [2.05, 4.69) is 16.4 Å². The zero-order valence-corrected chi connectivity index (χ0v) is 14.8. The lowest BCUT2D eigenvalue weighted by molar-refractivity contribution is 0.0993. The van der Waals surface area contributed by atoms with Gasteiger partial charge in [-0.05, 0) is 36.8 Å². The summed E-state index contributed by atoms with van der Waals surface area (Å²) in [5.41, 5.74) is 7.95. The Morgan fingerprint density at radius 3 is 2.72 bits per heavy atom. The number of hydrogen-bond donors (Lipinski definition) is 4. The number of benzene rings is 2. The summed E-state index contributed by atoms with van der Waals surface area (Å²) in [5.74, 6) is -0.469. The first kappa shape index (κ1) is 17.5. The number of primary amides is 1. The van der Waals surface area contributed by atoms with Crippen molar-refractivity contribution in [1.82, 2.24) is 10.3 Å². The van der Waals surface area contributed by atoms with E-state index in [9.17, 15) is 4.79 Å². The second-order valence-electron chi connectivity index (χ2n) is 5.95. The Hall–Kier alpha value is -2.28. The molecule has 6 heteroatoms. The van der Waals surface area contributed by atoms with Gasteiger partial charge in [-0.2, -0.15) is 0 Å². The zero-order valence-electron chi connectivity index (χ0n) is 14.0. The van der Waals surface area contributed by atoms with Crippen LogP contribution in [0, 0.1) is 0 Å². The van der Waals surface area contributed by atoms with Crippen molar-refractivity contribution >= 4 is 28.6 Å². The molecule has 0 saturated heterocycles. The molecule has 5 N–H and O–H groups in total. The molecular formula is C19H21N3O2S. The van der Waals surface area contributed by atoms with Crippen LogP contribution < -0.4 is 11.1 Å². The number of aromatic nitrogens is 1. The minimum Gasteiger partial charge on any atom is -0.395 e. The fourth-order valence-electron chi connectivity index (χ4n) is 2.57. The number of H-pyrrole nitrogens is 1. The molecule has 1 amide bonds. The molecule has 3 rings (SSSR count). The quantitative estimate of drug-likeness (QED) is 0.524. The molecule has 5 nitrogen and oxygen atoms in total. The Labute approximate surface area is 150 Å². The van der Waals surface area contributed by atoms with Crippen LogP contribution in [0.1, 0.15) is 23.0 Å². The van der Waals surface area contributed by atoms with Gasteiger partial charge in [0, 0.05) is 28.4 Å². The molecule has 2 aromatic carbocycles. The molecule has 1 heterocycles. The molecule has 0 bridgehead atoms. The van der Waals surface area contributed by atoms with Gasteiger partial charge in [-0.15, -0.1) is 0 Å². The summed E-state index contributed by atoms with van der Waals surface area (Å²) in [4.78, 5) is 16.9. The standard InChI is InChI=1S/C19H21N3O2S/c1-12(11-23)21-10-13-7-8-16-15(9-13)18(17(22-16)19(20)24)25-14-5-3-2-4-6-14/h2-9,12,21-23H,10-11H2,1H3,(H2,20,24). The molecule has 130 valence electrons. The molecule has 0 radical (unpaired) electrons. The highest BCUT2D eigenvalue weighted by Gasteiger charge is 2.17. The minimum atomic E-state index is -0.469. The molecule has 0 aliphatic carbocycles. The fourth-order valence-corrected chi connectivity index (χ4v) is 3.63. The largest absolute Gasteiger partial charge is 0.395 e. The van der Waals surface area contributed by atoms with Gasteiger partial charge in [0.15, 0.2) is 0 Å². The molecule has 0 aliphatic rings. The van der Waals surface area contributed by atoms with Crippen LogP contribution in [-0.4, -0.2) is 28.6 Å². The van der Waals surface area contributed by atoms with Crippen molar-refractivity contribution in [2.24, 2.45) is 5.73 Å². The molecule has 0 spiro atoms. The third kappa shape index (κ3) is 4.04. The highest BCUT2D eigenvalue weighted by molar-refractivity contribution is 7.99. The van der Waals surface area contributed by atoms with Gasteiger partial charge in [0.1, 0.15) is 5.69 Å². The number of nitrogens with two attached hydrogens (primary N) is 1. The summed E-state index contributed by atoms with van der Waals surface area (Å²) >= 11 is 1.52. The van der Waals surface area contributed by atoms with Crippen molar-refractivity contribution in [2.75, 3.05) is 6.61 Å². The van der Waals surface area contributed by atoms with E-state index >= 15 is 0 Å². The van der Waals surface area contributed by atoms with Gasteiger partial charge in [0.25, 0.3) is 5.91 Å². The number of aliphatic hydroxyl groups is 1. The minimum absolute atomic E-state index is 0.0290. The third-order valence-corrected chi connectivity index (χ3v) is 5.09. The highest BCUT2D eigenvalue weighted by Crippen LogP contribution is 2.36. The van der Waals surface area contributed by atoms with Gasteiger partial charge >= 0.3 is 0 Å². The summed E-state index contributed by atoms with van der Waals surface area (Å²) in [6.07, 6.45) is 0. The van der Waals surface area contributed by atoms with Gasteiger partial charge < -0.3 is 21.1 Å². The second kappa shape index (κ2) is 7.74. The monoisotopic (exact) mass is 355 g/mol. The molecule has 1 aromatic heterocycles. The van der Waals surface area contributed by atoms with Gasteiger partial charge in [-0.1, -0.05) is 36.0 Å². The maximum atomic E-state index is 11.9. The maximum absolute atomic E-state index is 11.9. The Kier molecular flexibility index (Phi) is 5.43. The number of carbonyl (C=O) groups is 1. The van der Waals surface area contributed by atoms with E-state index in [1.807, 2.05) is 49.4 Å². The van der Waals surface area contributed by atoms with Crippen LogP contribution in [0.25, 0.3) is 10.9 Å².